The molecule has 0 aliphatic rings. The SMILES string of the molecule is Cc1cc(C)c2c(N)c(C(=O)N(C)C(C)CC#N)sc2n1. The molecule has 0 aliphatic carbocycles. The van der Waals surface area contributed by atoms with E-state index >= 15 is 0 Å². The molecular weight excluding hydrogens is 284 g/mol. The standard InChI is InChI=1S/C15H18N4OS/c1-8-7-9(2)18-14-11(8)12(17)13(21-14)15(20)19(4)10(3)5-6-16/h7,10H,5,17H2,1-4H3. The molecule has 0 aliphatic heterocycles. The van der Waals surface area contributed by atoms with Crippen molar-refractivity contribution in [1.82, 2.24) is 9.88 Å². The molecule has 2 aromatic heterocycles. The summed E-state index contributed by atoms with van der Waals surface area (Å²) in [5.41, 5.74) is 8.58. The highest BCUT2D eigenvalue weighted by Gasteiger charge is 2.24. The van der Waals surface area contributed by atoms with Gasteiger partial charge in [0.1, 0.15) is 9.71 Å². The number of aryl methyl sites for hydroxylation is 2. The van der Waals surface area contributed by atoms with Gasteiger partial charge in [0.15, 0.2) is 0 Å². The van der Waals surface area contributed by atoms with Crippen LogP contribution in [0.1, 0.15) is 34.3 Å². The molecule has 110 valence electrons. The van der Waals surface area contributed by atoms with Gasteiger partial charge in [0.2, 0.25) is 0 Å². The smallest absolute Gasteiger partial charge is 0.266 e. The van der Waals surface area contributed by atoms with Crippen LogP contribution in [0.25, 0.3) is 10.2 Å². The van der Waals surface area contributed by atoms with E-state index in [4.69, 9.17) is 11.0 Å². The summed E-state index contributed by atoms with van der Waals surface area (Å²) in [6.45, 7) is 5.74. The van der Waals surface area contributed by atoms with Crippen LogP contribution in [0.4, 0.5) is 5.69 Å². The normalized spacial score (nSPS) is 12.1. The minimum Gasteiger partial charge on any atom is -0.397 e. The molecule has 0 spiro atoms. The van der Waals surface area contributed by atoms with Crippen LogP contribution in [0.5, 0.6) is 0 Å². The fourth-order valence-electron chi connectivity index (χ4n) is 2.26. The number of nitrogens with two attached hydrogens (primary N) is 1. The van der Waals surface area contributed by atoms with Crippen molar-refractivity contribution in [2.45, 2.75) is 33.2 Å². The average molecular weight is 302 g/mol. The van der Waals surface area contributed by atoms with Crippen molar-refractivity contribution in [2.75, 3.05) is 12.8 Å². The number of aromatic nitrogens is 1. The van der Waals surface area contributed by atoms with Crippen molar-refractivity contribution in [2.24, 2.45) is 0 Å². The molecule has 2 N–H and O–H groups in total. The van der Waals surface area contributed by atoms with Crippen LogP contribution in [0.2, 0.25) is 0 Å². The van der Waals surface area contributed by atoms with E-state index in [1.165, 1.54) is 11.3 Å². The van der Waals surface area contributed by atoms with Gasteiger partial charge in [-0.1, -0.05) is 0 Å². The van der Waals surface area contributed by atoms with Crippen LogP contribution < -0.4 is 5.73 Å². The molecule has 0 saturated heterocycles. The van der Waals surface area contributed by atoms with Gasteiger partial charge in [0, 0.05) is 24.2 Å². The van der Waals surface area contributed by atoms with E-state index in [2.05, 4.69) is 11.1 Å². The topological polar surface area (TPSA) is 83.0 Å². The Bertz CT molecular complexity index is 744. The number of fused-ring (bicyclic) bond motifs is 1. The largest absolute Gasteiger partial charge is 0.397 e. The van der Waals surface area contributed by atoms with E-state index < -0.39 is 0 Å². The molecule has 0 saturated carbocycles. The summed E-state index contributed by atoms with van der Waals surface area (Å²) < 4.78 is 0. The molecule has 0 bridgehead atoms. The van der Waals surface area contributed by atoms with E-state index in [9.17, 15) is 4.79 Å². The monoisotopic (exact) mass is 302 g/mol. The Morgan fingerprint density at radius 3 is 2.86 bits per heavy atom. The first kappa shape index (κ1) is 15.3. The molecule has 21 heavy (non-hydrogen) atoms. The number of pyridine rings is 1. The number of amides is 1. The molecular formula is C15H18N4OS. The summed E-state index contributed by atoms with van der Waals surface area (Å²) >= 11 is 1.31. The highest BCUT2D eigenvalue weighted by molar-refractivity contribution is 7.21. The number of nitrogens with zero attached hydrogens (tertiary/aromatic N) is 3. The molecule has 1 amide bonds. The van der Waals surface area contributed by atoms with Gasteiger partial charge in [0.05, 0.1) is 18.2 Å². The lowest BCUT2D eigenvalue weighted by molar-refractivity contribution is 0.0752. The number of nitriles is 1. The van der Waals surface area contributed by atoms with E-state index in [0.29, 0.717) is 17.0 Å². The highest BCUT2D eigenvalue weighted by atomic mass is 32.1. The fraction of sp³-hybridized carbons (Fsp3) is 0.400. The Balaban J connectivity index is 2.48. The van der Waals surface area contributed by atoms with E-state index in [1.54, 1.807) is 11.9 Å². The molecule has 6 heteroatoms. The number of hydrogen-bond acceptors (Lipinski definition) is 5. The zero-order chi connectivity index (χ0) is 15.7. The quantitative estimate of drug-likeness (QED) is 0.945. The summed E-state index contributed by atoms with van der Waals surface area (Å²) in [5, 5.41) is 9.61. The van der Waals surface area contributed by atoms with E-state index in [1.807, 2.05) is 26.8 Å². The molecule has 1 unspecified atom stereocenters. The second kappa shape index (κ2) is 5.70. The predicted molar refractivity (Wildman–Crippen MR) is 85.3 cm³/mol. The Labute approximate surface area is 128 Å². The maximum Gasteiger partial charge on any atom is 0.266 e. The Morgan fingerprint density at radius 1 is 1.57 bits per heavy atom. The number of thiophene rings is 1. The Kier molecular flexibility index (Phi) is 4.14. The summed E-state index contributed by atoms with van der Waals surface area (Å²) in [5.74, 6) is -0.157. The highest BCUT2D eigenvalue weighted by Crippen LogP contribution is 2.35. The molecule has 0 radical (unpaired) electrons. The van der Waals surface area contributed by atoms with Gasteiger partial charge in [-0.3, -0.25) is 4.79 Å². The predicted octanol–water partition coefficient (Wildman–Crippen LogP) is 2.87. The van der Waals surface area contributed by atoms with Crippen molar-refractivity contribution >= 4 is 33.1 Å². The van der Waals surface area contributed by atoms with Crippen molar-refractivity contribution < 1.29 is 4.79 Å². The summed E-state index contributed by atoms with van der Waals surface area (Å²) in [7, 11) is 1.69. The number of hydrogen-bond donors (Lipinski definition) is 1. The summed E-state index contributed by atoms with van der Waals surface area (Å²) in [6, 6.07) is 3.89. The maximum absolute atomic E-state index is 12.6. The second-order valence-corrected chi connectivity index (χ2v) is 6.23. The lowest BCUT2D eigenvalue weighted by Gasteiger charge is -2.22. The molecule has 0 aromatic carbocycles. The molecule has 1 atom stereocenters. The lowest BCUT2D eigenvalue weighted by atomic mass is 10.1. The van der Waals surface area contributed by atoms with Gasteiger partial charge in [-0.05, 0) is 32.4 Å². The van der Waals surface area contributed by atoms with Gasteiger partial charge >= 0.3 is 0 Å². The Hall–Kier alpha value is -2.13. The molecule has 2 heterocycles. The first-order valence-electron chi connectivity index (χ1n) is 6.67. The summed E-state index contributed by atoms with van der Waals surface area (Å²) in [6.07, 6.45) is 0.295. The molecule has 2 rings (SSSR count). The number of carbonyl (C=O) groups is 1. The average Bonchev–Trinajstić information content (AvgIpc) is 2.74. The molecule has 2 aromatic rings. The third-order valence-corrected chi connectivity index (χ3v) is 4.67. The van der Waals surface area contributed by atoms with E-state index in [-0.39, 0.29) is 11.9 Å². The fourth-order valence-corrected chi connectivity index (χ4v) is 3.46. The number of rotatable bonds is 3. The molecule has 0 fully saturated rings. The minimum atomic E-state index is -0.157. The van der Waals surface area contributed by atoms with Gasteiger partial charge < -0.3 is 10.6 Å². The van der Waals surface area contributed by atoms with Crippen molar-refractivity contribution in [3.8, 4) is 6.07 Å². The van der Waals surface area contributed by atoms with Crippen LogP contribution >= 0.6 is 11.3 Å². The van der Waals surface area contributed by atoms with Gasteiger partial charge in [-0.25, -0.2) is 4.98 Å². The third kappa shape index (κ3) is 2.69. The van der Waals surface area contributed by atoms with Gasteiger partial charge in [0.25, 0.3) is 5.91 Å². The Morgan fingerprint density at radius 2 is 2.24 bits per heavy atom. The van der Waals surface area contributed by atoms with Crippen molar-refractivity contribution in [1.29, 1.82) is 5.26 Å². The maximum atomic E-state index is 12.6. The van der Waals surface area contributed by atoms with Crippen LogP contribution in [0.15, 0.2) is 6.07 Å². The first-order chi connectivity index (χ1) is 9.86. The minimum absolute atomic E-state index is 0.150. The van der Waals surface area contributed by atoms with Gasteiger partial charge in [-0.2, -0.15) is 5.26 Å². The van der Waals surface area contributed by atoms with Crippen LogP contribution in [-0.4, -0.2) is 28.9 Å². The zero-order valence-electron chi connectivity index (χ0n) is 12.6. The number of anilines is 1. The zero-order valence-corrected chi connectivity index (χ0v) is 13.4. The van der Waals surface area contributed by atoms with Crippen molar-refractivity contribution in [3.63, 3.8) is 0 Å². The number of nitrogen functional groups attached to an aromatic ring is 1. The lowest BCUT2D eigenvalue weighted by Crippen LogP contribution is -2.34. The molecule has 5 nitrogen and oxygen atoms in total. The van der Waals surface area contributed by atoms with Crippen LogP contribution in [-0.2, 0) is 0 Å². The summed E-state index contributed by atoms with van der Waals surface area (Å²) in [4.78, 5) is 19.9. The number of carbonyl (C=O) groups excluding carboxylic acids is 1. The third-order valence-electron chi connectivity index (χ3n) is 3.59. The van der Waals surface area contributed by atoms with Crippen LogP contribution in [0, 0.1) is 25.2 Å². The van der Waals surface area contributed by atoms with Gasteiger partial charge in [-0.15, -0.1) is 11.3 Å². The second-order valence-electron chi connectivity index (χ2n) is 5.23. The first-order valence-corrected chi connectivity index (χ1v) is 7.48. The van der Waals surface area contributed by atoms with E-state index in [0.717, 1.165) is 21.5 Å². The van der Waals surface area contributed by atoms with Crippen molar-refractivity contribution in [3.05, 3.63) is 22.2 Å². The van der Waals surface area contributed by atoms with Crippen LogP contribution in [0.3, 0.4) is 0 Å².